The third kappa shape index (κ3) is 4.52. The third-order valence-corrected chi connectivity index (χ3v) is 4.88. The Hall–Kier alpha value is -3.03. The van der Waals surface area contributed by atoms with Crippen LogP contribution in [0.15, 0.2) is 42.9 Å². The molecule has 0 aliphatic rings. The molecule has 4 N–H and O–H groups in total. The summed E-state index contributed by atoms with van der Waals surface area (Å²) in [5, 5.41) is 12.4. The van der Waals surface area contributed by atoms with Gasteiger partial charge in [0.2, 0.25) is 5.88 Å². The lowest BCUT2D eigenvalue weighted by molar-refractivity contribution is 0.306. The topological polar surface area (TPSA) is 106 Å². The minimum absolute atomic E-state index is 0.158. The Bertz CT molecular complexity index is 1040. The van der Waals surface area contributed by atoms with Gasteiger partial charge in [-0.25, -0.2) is 4.98 Å². The van der Waals surface area contributed by atoms with Crippen LogP contribution in [0.4, 0.5) is 11.4 Å². The number of hydrogen-bond donors (Lipinski definition) is 3. The molecule has 29 heavy (non-hydrogen) atoms. The first-order valence-electron chi connectivity index (χ1n) is 8.55. The van der Waals surface area contributed by atoms with Crippen LogP contribution in [0.2, 0.25) is 10.0 Å². The fourth-order valence-electron chi connectivity index (χ4n) is 2.66. The maximum atomic E-state index is 8.58. The maximum Gasteiger partial charge on any atom is 0.237 e. The molecule has 0 spiro atoms. The number of nitrogens with zero attached hydrogens (tertiary/aromatic N) is 2. The van der Waals surface area contributed by atoms with Gasteiger partial charge in [0.05, 0.1) is 28.6 Å². The molecule has 0 radical (unpaired) electrons. The summed E-state index contributed by atoms with van der Waals surface area (Å²) in [5.41, 5.74) is 9.16. The van der Waals surface area contributed by atoms with Crippen molar-refractivity contribution in [1.29, 1.82) is 5.41 Å². The predicted octanol–water partition coefficient (Wildman–Crippen LogP) is 4.41. The van der Waals surface area contributed by atoms with Crippen molar-refractivity contribution in [2.45, 2.75) is 6.61 Å². The first-order valence-corrected chi connectivity index (χ1v) is 9.31. The standard InChI is InChI=1S/C20H19Cl2N5O2/c1-25-18-5-11(7-27-20(18)28-2)19(24)13-6-12(3-4-17(13)23)29-10-14-15(21)8-26-9-16(14)22/h3-9,24-25H,10,23H2,1-2H3. The van der Waals surface area contributed by atoms with Crippen molar-refractivity contribution in [3.05, 3.63) is 69.6 Å². The summed E-state index contributed by atoms with van der Waals surface area (Å²) in [4.78, 5) is 8.15. The van der Waals surface area contributed by atoms with E-state index in [9.17, 15) is 0 Å². The van der Waals surface area contributed by atoms with Gasteiger partial charge in [0.15, 0.2) is 0 Å². The molecule has 0 atom stereocenters. The molecule has 3 rings (SSSR count). The summed E-state index contributed by atoms with van der Waals surface area (Å²) in [6.45, 7) is 0.158. The van der Waals surface area contributed by atoms with Crippen LogP contribution in [-0.4, -0.2) is 29.8 Å². The zero-order chi connectivity index (χ0) is 21.0. The number of methoxy groups -OCH3 is 1. The van der Waals surface area contributed by atoms with Gasteiger partial charge in [-0.05, 0) is 24.3 Å². The second-order valence-electron chi connectivity index (χ2n) is 6.03. The summed E-state index contributed by atoms with van der Waals surface area (Å²) < 4.78 is 11.0. The third-order valence-electron chi connectivity index (χ3n) is 4.23. The number of rotatable bonds is 7. The minimum atomic E-state index is 0.158. The summed E-state index contributed by atoms with van der Waals surface area (Å²) in [5.74, 6) is 0.971. The molecule has 150 valence electrons. The molecule has 9 heteroatoms. The van der Waals surface area contributed by atoms with E-state index in [0.717, 1.165) is 0 Å². The van der Waals surface area contributed by atoms with Crippen molar-refractivity contribution in [2.24, 2.45) is 0 Å². The van der Waals surface area contributed by atoms with E-state index in [2.05, 4.69) is 15.3 Å². The minimum Gasteiger partial charge on any atom is -0.489 e. The molecule has 0 saturated carbocycles. The number of anilines is 2. The van der Waals surface area contributed by atoms with Gasteiger partial charge in [0, 0.05) is 48.0 Å². The fraction of sp³-hybridized carbons (Fsp3) is 0.150. The Morgan fingerprint density at radius 3 is 2.55 bits per heavy atom. The molecule has 2 heterocycles. The average molecular weight is 432 g/mol. The lowest BCUT2D eigenvalue weighted by Gasteiger charge is -2.14. The monoisotopic (exact) mass is 431 g/mol. The van der Waals surface area contributed by atoms with Gasteiger partial charge in [0.1, 0.15) is 12.4 Å². The zero-order valence-electron chi connectivity index (χ0n) is 15.8. The van der Waals surface area contributed by atoms with Gasteiger partial charge in [-0.15, -0.1) is 0 Å². The molecular weight excluding hydrogens is 413 g/mol. The number of ether oxygens (including phenoxy) is 2. The highest BCUT2D eigenvalue weighted by Crippen LogP contribution is 2.28. The lowest BCUT2D eigenvalue weighted by atomic mass is 10.0. The van der Waals surface area contributed by atoms with E-state index >= 15 is 0 Å². The highest BCUT2D eigenvalue weighted by atomic mass is 35.5. The van der Waals surface area contributed by atoms with Crippen LogP contribution < -0.4 is 20.5 Å². The van der Waals surface area contributed by atoms with Crippen LogP contribution in [0.3, 0.4) is 0 Å². The molecule has 2 aromatic heterocycles. The largest absolute Gasteiger partial charge is 0.489 e. The van der Waals surface area contributed by atoms with E-state index in [0.29, 0.717) is 49.7 Å². The molecule has 0 unspecified atom stereocenters. The quantitative estimate of drug-likeness (QED) is 0.377. The smallest absolute Gasteiger partial charge is 0.237 e. The van der Waals surface area contributed by atoms with Gasteiger partial charge in [0.25, 0.3) is 0 Å². The fourth-order valence-corrected chi connectivity index (χ4v) is 3.13. The summed E-state index contributed by atoms with van der Waals surface area (Å²) in [7, 11) is 3.29. The van der Waals surface area contributed by atoms with Crippen molar-refractivity contribution in [1.82, 2.24) is 9.97 Å². The van der Waals surface area contributed by atoms with Crippen molar-refractivity contribution < 1.29 is 9.47 Å². The molecule has 0 aliphatic carbocycles. The normalized spacial score (nSPS) is 10.5. The molecule has 1 aromatic carbocycles. The van der Waals surface area contributed by atoms with Crippen molar-refractivity contribution >= 4 is 40.3 Å². The number of pyridine rings is 2. The van der Waals surface area contributed by atoms with Crippen LogP contribution in [0.5, 0.6) is 11.6 Å². The van der Waals surface area contributed by atoms with Crippen molar-refractivity contribution in [3.8, 4) is 11.6 Å². The number of nitrogens with one attached hydrogen (secondary N) is 2. The highest BCUT2D eigenvalue weighted by Gasteiger charge is 2.14. The Morgan fingerprint density at radius 2 is 1.90 bits per heavy atom. The van der Waals surface area contributed by atoms with E-state index in [1.807, 2.05) is 0 Å². The van der Waals surface area contributed by atoms with E-state index in [1.165, 1.54) is 19.5 Å². The summed E-state index contributed by atoms with van der Waals surface area (Å²) >= 11 is 12.3. The van der Waals surface area contributed by atoms with Crippen LogP contribution in [0, 0.1) is 5.41 Å². The van der Waals surface area contributed by atoms with Gasteiger partial charge < -0.3 is 20.5 Å². The molecular formula is C20H19Cl2N5O2. The molecule has 0 fully saturated rings. The number of nitrogens with two attached hydrogens (primary N) is 1. The second kappa shape index (κ2) is 8.98. The van der Waals surface area contributed by atoms with Crippen LogP contribution in [-0.2, 0) is 6.61 Å². The van der Waals surface area contributed by atoms with Gasteiger partial charge >= 0.3 is 0 Å². The Morgan fingerprint density at radius 1 is 1.17 bits per heavy atom. The molecule has 7 nitrogen and oxygen atoms in total. The second-order valence-corrected chi connectivity index (χ2v) is 6.84. The molecule has 0 saturated heterocycles. The Kier molecular flexibility index (Phi) is 6.41. The number of benzene rings is 1. The van der Waals surface area contributed by atoms with Gasteiger partial charge in [-0.3, -0.25) is 10.4 Å². The van der Waals surface area contributed by atoms with E-state index in [-0.39, 0.29) is 12.3 Å². The number of aromatic nitrogens is 2. The van der Waals surface area contributed by atoms with E-state index in [4.69, 9.17) is 43.8 Å². The maximum absolute atomic E-state index is 8.58. The zero-order valence-corrected chi connectivity index (χ0v) is 17.3. The van der Waals surface area contributed by atoms with E-state index in [1.54, 1.807) is 37.5 Å². The predicted molar refractivity (Wildman–Crippen MR) is 116 cm³/mol. The first-order chi connectivity index (χ1) is 13.9. The average Bonchev–Trinajstić information content (AvgIpc) is 2.73. The highest BCUT2D eigenvalue weighted by molar-refractivity contribution is 6.35. The Labute approximate surface area is 178 Å². The lowest BCUT2D eigenvalue weighted by Crippen LogP contribution is -2.08. The molecule has 0 amide bonds. The number of hydrogen-bond acceptors (Lipinski definition) is 7. The molecule has 0 aliphatic heterocycles. The van der Waals surface area contributed by atoms with Crippen LogP contribution in [0.1, 0.15) is 16.7 Å². The number of halogens is 2. The van der Waals surface area contributed by atoms with E-state index < -0.39 is 0 Å². The number of nitrogen functional groups attached to an aromatic ring is 1. The van der Waals surface area contributed by atoms with Crippen LogP contribution in [0.25, 0.3) is 0 Å². The first kappa shape index (κ1) is 20.7. The molecule has 3 aromatic rings. The Balaban J connectivity index is 1.86. The van der Waals surface area contributed by atoms with Gasteiger partial charge in [-0.1, -0.05) is 23.2 Å². The van der Waals surface area contributed by atoms with Crippen molar-refractivity contribution in [3.63, 3.8) is 0 Å². The molecule has 0 bridgehead atoms. The summed E-state index contributed by atoms with van der Waals surface area (Å²) in [6.07, 6.45) is 4.57. The summed E-state index contributed by atoms with van der Waals surface area (Å²) in [6, 6.07) is 6.88. The van der Waals surface area contributed by atoms with Gasteiger partial charge in [-0.2, -0.15) is 0 Å². The van der Waals surface area contributed by atoms with Crippen LogP contribution >= 0.6 is 23.2 Å². The SMILES string of the molecule is CNc1cc(C(=N)c2cc(OCc3c(Cl)cncc3Cl)ccc2N)cnc1OC. The van der Waals surface area contributed by atoms with Crippen molar-refractivity contribution in [2.75, 3.05) is 25.2 Å².